The molecular formula is C22H19NS. The third-order valence-electron chi connectivity index (χ3n) is 5.11. The minimum absolute atomic E-state index is 1.15. The SMILES string of the molecule is CCCc1ccc2c(c1)c1c3c(ccc1n2C)sc1ccccc13. The van der Waals surface area contributed by atoms with E-state index in [9.17, 15) is 0 Å². The molecule has 0 fully saturated rings. The molecular weight excluding hydrogens is 310 g/mol. The number of aromatic nitrogens is 1. The number of thiophene rings is 1. The summed E-state index contributed by atoms with van der Waals surface area (Å²) in [6.07, 6.45) is 2.33. The van der Waals surface area contributed by atoms with Crippen LogP contribution in [0, 0.1) is 0 Å². The first-order valence-electron chi connectivity index (χ1n) is 8.59. The van der Waals surface area contributed by atoms with Gasteiger partial charge in [0.15, 0.2) is 0 Å². The number of fused-ring (bicyclic) bond motifs is 7. The Labute approximate surface area is 145 Å². The number of benzene rings is 3. The average molecular weight is 329 g/mol. The predicted molar refractivity (Wildman–Crippen MR) is 107 cm³/mol. The number of nitrogens with zero attached hydrogens (tertiary/aromatic N) is 1. The zero-order valence-electron chi connectivity index (χ0n) is 14.0. The van der Waals surface area contributed by atoms with Crippen molar-refractivity contribution in [2.24, 2.45) is 7.05 Å². The van der Waals surface area contributed by atoms with Gasteiger partial charge in [-0.3, -0.25) is 0 Å². The molecule has 0 spiro atoms. The van der Waals surface area contributed by atoms with Crippen molar-refractivity contribution in [3.05, 3.63) is 60.2 Å². The highest BCUT2D eigenvalue weighted by Gasteiger charge is 2.15. The van der Waals surface area contributed by atoms with Gasteiger partial charge in [-0.2, -0.15) is 0 Å². The summed E-state index contributed by atoms with van der Waals surface area (Å²) in [7, 11) is 2.19. The van der Waals surface area contributed by atoms with Gasteiger partial charge in [0.05, 0.1) is 0 Å². The molecule has 0 aliphatic carbocycles. The summed E-state index contributed by atoms with van der Waals surface area (Å²) >= 11 is 1.90. The monoisotopic (exact) mass is 329 g/mol. The molecule has 0 unspecified atom stereocenters. The molecule has 2 heterocycles. The number of hydrogen-bond donors (Lipinski definition) is 0. The second-order valence-corrected chi connectivity index (χ2v) is 7.68. The summed E-state index contributed by atoms with van der Waals surface area (Å²) in [6, 6.07) is 20.3. The summed E-state index contributed by atoms with van der Waals surface area (Å²) in [6.45, 7) is 2.25. The lowest BCUT2D eigenvalue weighted by Crippen LogP contribution is -1.87. The van der Waals surface area contributed by atoms with Crippen LogP contribution in [0.2, 0.25) is 0 Å². The Balaban J connectivity index is 2.04. The van der Waals surface area contributed by atoms with Crippen LogP contribution in [0.5, 0.6) is 0 Å². The lowest BCUT2D eigenvalue weighted by Gasteiger charge is -2.00. The summed E-state index contributed by atoms with van der Waals surface area (Å²) in [5.41, 5.74) is 4.09. The van der Waals surface area contributed by atoms with E-state index < -0.39 is 0 Å². The Bertz CT molecular complexity index is 1220. The predicted octanol–water partition coefficient (Wildman–Crippen LogP) is 6.65. The first-order valence-corrected chi connectivity index (χ1v) is 9.41. The Morgan fingerprint density at radius 1 is 0.833 bits per heavy atom. The van der Waals surface area contributed by atoms with Gasteiger partial charge in [-0.05, 0) is 42.3 Å². The summed E-state index contributed by atoms with van der Waals surface area (Å²) < 4.78 is 5.10. The second kappa shape index (κ2) is 5.09. The van der Waals surface area contributed by atoms with Gasteiger partial charge < -0.3 is 4.57 Å². The van der Waals surface area contributed by atoms with E-state index in [0.717, 1.165) is 6.42 Å². The van der Waals surface area contributed by atoms with E-state index in [0.29, 0.717) is 0 Å². The fraction of sp³-hybridized carbons (Fsp3) is 0.182. The van der Waals surface area contributed by atoms with E-state index in [1.807, 2.05) is 11.3 Å². The Kier molecular flexibility index (Phi) is 2.98. The molecule has 0 bridgehead atoms. The molecule has 1 nitrogen and oxygen atoms in total. The van der Waals surface area contributed by atoms with Crippen LogP contribution in [0.15, 0.2) is 54.6 Å². The summed E-state index contributed by atoms with van der Waals surface area (Å²) in [5.74, 6) is 0. The topological polar surface area (TPSA) is 4.93 Å². The fourth-order valence-electron chi connectivity index (χ4n) is 4.01. The van der Waals surface area contributed by atoms with E-state index in [1.54, 1.807) is 0 Å². The Hall–Kier alpha value is -2.32. The summed E-state index contributed by atoms with van der Waals surface area (Å²) in [4.78, 5) is 0. The van der Waals surface area contributed by atoms with E-state index in [-0.39, 0.29) is 0 Å². The molecule has 3 aromatic carbocycles. The maximum Gasteiger partial charge on any atom is 0.0496 e. The number of hydrogen-bond acceptors (Lipinski definition) is 1. The fourth-order valence-corrected chi connectivity index (χ4v) is 5.12. The molecule has 0 atom stereocenters. The van der Waals surface area contributed by atoms with Gasteiger partial charge in [0.25, 0.3) is 0 Å². The smallest absolute Gasteiger partial charge is 0.0496 e. The van der Waals surface area contributed by atoms with Gasteiger partial charge in [0, 0.05) is 49.0 Å². The van der Waals surface area contributed by atoms with Gasteiger partial charge in [0.1, 0.15) is 0 Å². The van der Waals surface area contributed by atoms with Crippen molar-refractivity contribution in [3.8, 4) is 0 Å². The molecule has 24 heavy (non-hydrogen) atoms. The maximum atomic E-state index is 2.41. The van der Waals surface area contributed by atoms with Crippen molar-refractivity contribution < 1.29 is 0 Å². The van der Waals surface area contributed by atoms with Gasteiger partial charge in [0.2, 0.25) is 0 Å². The van der Waals surface area contributed by atoms with Crippen molar-refractivity contribution in [3.63, 3.8) is 0 Å². The van der Waals surface area contributed by atoms with E-state index in [2.05, 4.69) is 73.1 Å². The lowest BCUT2D eigenvalue weighted by atomic mass is 10.0. The Morgan fingerprint density at radius 2 is 1.67 bits per heavy atom. The molecule has 0 saturated carbocycles. The minimum atomic E-state index is 1.15. The molecule has 5 aromatic rings. The minimum Gasteiger partial charge on any atom is -0.344 e. The first kappa shape index (κ1) is 14.1. The summed E-state index contributed by atoms with van der Waals surface area (Å²) in [5, 5.41) is 5.62. The molecule has 0 saturated heterocycles. The molecule has 2 aromatic heterocycles. The normalized spacial score (nSPS) is 12.1. The largest absolute Gasteiger partial charge is 0.344 e. The van der Waals surface area contributed by atoms with Crippen molar-refractivity contribution in [1.82, 2.24) is 4.57 Å². The molecule has 0 N–H and O–H groups in total. The molecule has 118 valence electrons. The standard InChI is InChI=1S/C22H19NS/c1-3-6-14-9-10-17-16(13-14)21-18(23(17)2)11-12-20-22(21)15-7-4-5-8-19(15)24-20/h4-5,7-13H,3,6H2,1-2H3. The van der Waals surface area contributed by atoms with Gasteiger partial charge in [-0.1, -0.05) is 37.6 Å². The van der Waals surface area contributed by atoms with Crippen LogP contribution in [0.4, 0.5) is 0 Å². The van der Waals surface area contributed by atoms with E-state index >= 15 is 0 Å². The first-order chi connectivity index (χ1) is 11.8. The van der Waals surface area contributed by atoms with Gasteiger partial charge in [-0.25, -0.2) is 0 Å². The molecule has 5 rings (SSSR count). The van der Waals surface area contributed by atoms with E-state index in [4.69, 9.17) is 0 Å². The van der Waals surface area contributed by atoms with E-state index in [1.165, 1.54) is 54.0 Å². The maximum absolute atomic E-state index is 2.41. The third-order valence-corrected chi connectivity index (χ3v) is 6.25. The quantitative estimate of drug-likeness (QED) is 0.341. The molecule has 0 radical (unpaired) electrons. The van der Waals surface area contributed by atoms with Crippen molar-refractivity contribution in [1.29, 1.82) is 0 Å². The second-order valence-electron chi connectivity index (χ2n) is 6.59. The average Bonchev–Trinajstić information content (AvgIpc) is 3.11. The van der Waals surface area contributed by atoms with Crippen LogP contribution >= 0.6 is 11.3 Å². The van der Waals surface area contributed by atoms with Crippen molar-refractivity contribution >= 4 is 53.3 Å². The molecule has 2 heteroatoms. The third kappa shape index (κ3) is 1.81. The van der Waals surface area contributed by atoms with Crippen LogP contribution in [-0.4, -0.2) is 4.57 Å². The van der Waals surface area contributed by atoms with Gasteiger partial charge >= 0.3 is 0 Å². The van der Waals surface area contributed by atoms with Crippen LogP contribution in [0.3, 0.4) is 0 Å². The van der Waals surface area contributed by atoms with Crippen LogP contribution in [-0.2, 0) is 13.5 Å². The molecule has 0 aliphatic rings. The molecule has 0 amide bonds. The van der Waals surface area contributed by atoms with Crippen LogP contribution in [0.25, 0.3) is 42.0 Å². The molecule has 0 aliphatic heterocycles. The lowest BCUT2D eigenvalue weighted by molar-refractivity contribution is 0.923. The number of rotatable bonds is 2. The zero-order valence-corrected chi connectivity index (χ0v) is 14.8. The highest BCUT2D eigenvalue weighted by Crippen LogP contribution is 2.42. The zero-order chi connectivity index (χ0) is 16.3. The Morgan fingerprint density at radius 3 is 2.54 bits per heavy atom. The highest BCUT2D eigenvalue weighted by atomic mass is 32.1. The van der Waals surface area contributed by atoms with Crippen molar-refractivity contribution in [2.75, 3.05) is 0 Å². The van der Waals surface area contributed by atoms with Gasteiger partial charge in [-0.15, -0.1) is 11.3 Å². The van der Waals surface area contributed by atoms with Crippen molar-refractivity contribution in [2.45, 2.75) is 19.8 Å². The highest BCUT2D eigenvalue weighted by molar-refractivity contribution is 7.26. The van der Waals surface area contributed by atoms with Crippen LogP contribution < -0.4 is 0 Å². The number of aryl methyl sites for hydroxylation is 2. The van der Waals surface area contributed by atoms with Crippen LogP contribution in [0.1, 0.15) is 18.9 Å².